The molecule has 0 aliphatic carbocycles. The van der Waals surface area contributed by atoms with Crippen molar-refractivity contribution in [2.45, 2.75) is 32.6 Å². The van der Waals surface area contributed by atoms with Crippen LogP contribution in [0.15, 0.2) is 36.4 Å². The average Bonchev–Trinajstić information content (AvgIpc) is 2.55. The first kappa shape index (κ1) is 20.9. The van der Waals surface area contributed by atoms with Gasteiger partial charge < -0.3 is 10.1 Å². The Morgan fingerprint density at radius 1 is 1.15 bits per heavy atom. The lowest BCUT2D eigenvalue weighted by atomic mass is 10.1. The van der Waals surface area contributed by atoms with Crippen LogP contribution in [0.5, 0.6) is 5.75 Å². The number of hydrogen-bond donors (Lipinski definition) is 1. The maximum atomic E-state index is 12.2. The quantitative estimate of drug-likeness (QED) is 0.588. The lowest BCUT2D eigenvalue weighted by molar-refractivity contribution is -0.127. The van der Waals surface area contributed by atoms with Gasteiger partial charge in [-0.1, -0.05) is 35.3 Å². The molecule has 1 atom stereocenters. The third-order valence-corrected chi connectivity index (χ3v) is 5.29. The molecule has 0 saturated heterocycles. The third-order valence-electron chi connectivity index (χ3n) is 3.70. The van der Waals surface area contributed by atoms with Crippen LogP contribution in [0.3, 0.4) is 0 Å². The number of nitrogens with one attached hydrogen (secondary N) is 1. The SMILES string of the molecule is Cc1cc(C)cc(O[C@H](C)C(=O)NCCSCc2ccc(Cl)cc2Cl)c1. The Hall–Kier alpha value is -1.36. The molecule has 3 nitrogen and oxygen atoms in total. The molecule has 0 fully saturated rings. The Morgan fingerprint density at radius 3 is 2.50 bits per heavy atom. The number of hydrogen-bond acceptors (Lipinski definition) is 3. The van der Waals surface area contributed by atoms with E-state index in [0.29, 0.717) is 16.6 Å². The highest BCUT2D eigenvalue weighted by Crippen LogP contribution is 2.24. The van der Waals surface area contributed by atoms with Crippen LogP contribution in [0.4, 0.5) is 0 Å². The summed E-state index contributed by atoms with van der Waals surface area (Å²) >= 11 is 13.7. The summed E-state index contributed by atoms with van der Waals surface area (Å²) in [6.45, 7) is 6.35. The number of ether oxygens (including phenoxy) is 1. The second kappa shape index (κ2) is 10.1. The molecule has 0 radical (unpaired) electrons. The van der Waals surface area contributed by atoms with Gasteiger partial charge in [0.1, 0.15) is 5.75 Å². The molecule has 1 amide bonds. The molecular weight excluding hydrogens is 389 g/mol. The van der Waals surface area contributed by atoms with E-state index in [-0.39, 0.29) is 5.91 Å². The molecule has 140 valence electrons. The Bertz CT molecular complexity index is 747. The Morgan fingerprint density at radius 2 is 1.85 bits per heavy atom. The molecule has 0 heterocycles. The molecular formula is C20H23Cl2NO2S. The van der Waals surface area contributed by atoms with Crippen molar-refractivity contribution in [1.82, 2.24) is 5.32 Å². The van der Waals surface area contributed by atoms with E-state index < -0.39 is 6.10 Å². The van der Waals surface area contributed by atoms with Crippen LogP contribution < -0.4 is 10.1 Å². The maximum absolute atomic E-state index is 12.2. The van der Waals surface area contributed by atoms with E-state index in [1.165, 1.54) is 0 Å². The summed E-state index contributed by atoms with van der Waals surface area (Å²) in [4.78, 5) is 12.2. The van der Waals surface area contributed by atoms with E-state index in [9.17, 15) is 4.79 Å². The first-order valence-corrected chi connectivity index (χ1v) is 10.3. The van der Waals surface area contributed by atoms with Gasteiger partial charge in [-0.25, -0.2) is 0 Å². The smallest absolute Gasteiger partial charge is 0.260 e. The minimum absolute atomic E-state index is 0.116. The average molecular weight is 412 g/mol. The summed E-state index contributed by atoms with van der Waals surface area (Å²) < 4.78 is 5.74. The van der Waals surface area contributed by atoms with Gasteiger partial charge in [0, 0.05) is 28.1 Å². The minimum Gasteiger partial charge on any atom is -0.481 e. The van der Waals surface area contributed by atoms with Gasteiger partial charge in [-0.3, -0.25) is 4.79 Å². The Labute approximate surface area is 169 Å². The van der Waals surface area contributed by atoms with Crippen molar-refractivity contribution in [2.75, 3.05) is 12.3 Å². The zero-order valence-corrected chi connectivity index (χ0v) is 17.5. The third kappa shape index (κ3) is 6.75. The summed E-state index contributed by atoms with van der Waals surface area (Å²) in [6, 6.07) is 11.4. The van der Waals surface area contributed by atoms with Crippen molar-refractivity contribution >= 4 is 40.9 Å². The van der Waals surface area contributed by atoms with Crippen molar-refractivity contribution in [3.05, 3.63) is 63.1 Å². The van der Waals surface area contributed by atoms with E-state index in [1.807, 2.05) is 38.1 Å². The Balaban J connectivity index is 1.70. The highest BCUT2D eigenvalue weighted by molar-refractivity contribution is 7.98. The van der Waals surface area contributed by atoms with Crippen LogP contribution in [0, 0.1) is 13.8 Å². The fourth-order valence-electron chi connectivity index (χ4n) is 2.47. The van der Waals surface area contributed by atoms with Gasteiger partial charge in [0.25, 0.3) is 5.91 Å². The molecule has 0 bridgehead atoms. The number of rotatable bonds is 8. The monoisotopic (exact) mass is 411 g/mol. The molecule has 0 aliphatic rings. The second-order valence-electron chi connectivity index (χ2n) is 6.16. The summed E-state index contributed by atoms with van der Waals surface area (Å²) in [6.07, 6.45) is -0.535. The predicted octanol–water partition coefficient (Wildman–Crippen LogP) is 5.43. The van der Waals surface area contributed by atoms with Crippen molar-refractivity contribution in [3.63, 3.8) is 0 Å². The number of benzene rings is 2. The van der Waals surface area contributed by atoms with E-state index in [2.05, 4.69) is 11.4 Å². The molecule has 0 spiro atoms. The zero-order chi connectivity index (χ0) is 19.1. The van der Waals surface area contributed by atoms with Crippen molar-refractivity contribution in [2.24, 2.45) is 0 Å². The highest BCUT2D eigenvalue weighted by Gasteiger charge is 2.14. The van der Waals surface area contributed by atoms with Crippen LogP contribution in [0.1, 0.15) is 23.6 Å². The largest absolute Gasteiger partial charge is 0.481 e. The van der Waals surface area contributed by atoms with Crippen molar-refractivity contribution in [3.8, 4) is 5.75 Å². The molecule has 26 heavy (non-hydrogen) atoms. The van der Waals surface area contributed by atoms with Crippen LogP contribution in [0.2, 0.25) is 10.0 Å². The van der Waals surface area contributed by atoms with Gasteiger partial charge in [-0.2, -0.15) is 11.8 Å². The fourth-order valence-corrected chi connectivity index (χ4v) is 3.89. The molecule has 2 rings (SSSR count). The number of carbonyl (C=O) groups excluding carboxylic acids is 1. The number of halogens is 2. The maximum Gasteiger partial charge on any atom is 0.260 e. The summed E-state index contributed by atoms with van der Waals surface area (Å²) in [5, 5.41) is 4.21. The van der Waals surface area contributed by atoms with Crippen molar-refractivity contribution < 1.29 is 9.53 Å². The predicted molar refractivity (Wildman–Crippen MR) is 112 cm³/mol. The lowest BCUT2D eigenvalue weighted by Gasteiger charge is -2.15. The molecule has 0 saturated carbocycles. The van der Waals surface area contributed by atoms with E-state index in [0.717, 1.165) is 33.9 Å². The summed E-state index contributed by atoms with van der Waals surface area (Å²) in [5.74, 6) is 2.17. The lowest BCUT2D eigenvalue weighted by Crippen LogP contribution is -2.37. The summed E-state index contributed by atoms with van der Waals surface area (Å²) in [7, 11) is 0. The first-order valence-electron chi connectivity index (χ1n) is 8.39. The van der Waals surface area contributed by atoms with Gasteiger partial charge in [0.15, 0.2) is 6.10 Å². The topological polar surface area (TPSA) is 38.3 Å². The zero-order valence-electron chi connectivity index (χ0n) is 15.1. The van der Waals surface area contributed by atoms with E-state index in [1.54, 1.807) is 24.8 Å². The van der Waals surface area contributed by atoms with Gasteiger partial charge in [-0.05, 0) is 61.7 Å². The van der Waals surface area contributed by atoms with Crippen LogP contribution in [0.25, 0.3) is 0 Å². The van der Waals surface area contributed by atoms with Crippen LogP contribution in [-0.2, 0) is 10.5 Å². The number of carbonyl (C=O) groups is 1. The molecule has 6 heteroatoms. The van der Waals surface area contributed by atoms with Gasteiger partial charge in [-0.15, -0.1) is 0 Å². The fraction of sp³-hybridized carbons (Fsp3) is 0.350. The second-order valence-corrected chi connectivity index (χ2v) is 8.11. The van der Waals surface area contributed by atoms with Crippen LogP contribution in [-0.4, -0.2) is 24.3 Å². The summed E-state index contributed by atoms with van der Waals surface area (Å²) in [5.41, 5.74) is 3.27. The van der Waals surface area contributed by atoms with E-state index >= 15 is 0 Å². The number of thioether (sulfide) groups is 1. The Kier molecular flexibility index (Phi) is 8.14. The highest BCUT2D eigenvalue weighted by atomic mass is 35.5. The molecule has 2 aromatic rings. The minimum atomic E-state index is -0.535. The first-order chi connectivity index (χ1) is 12.3. The van der Waals surface area contributed by atoms with E-state index in [4.69, 9.17) is 27.9 Å². The molecule has 2 aromatic carbocycles. The number of aryl methyl sites for hydroxylation is 2. The molecule has 0 unspecified atom stereocenters. The molecule has 0 aromatic heterocycles. The molecule has 1 N–H and O–H groups in total. The van der Waals surface area contributed by atoms with Gasteiger partial charge in [0.2, 0.25) is 0 Å². The van der Waals surface area contributed by atoms with Crippen molar-refractivity contribution in [1.29, 1.82) is 0 Å². The standard InChI is InChI=1S/C20H23Cl2NO2S/c1-13-8-14(2)10-18(9-13)25-15(3)20(24)23-6-7-26-12-16-4-5-17(21)11-19(16)22/h4-5,8-11,15H,6-7,12H2,1-3H3,(H,23,24)/t15-/m1/s1. The normalized spacial score (nSPS) is 11.9. The van der Waals surface area contributed by atoms with Gasteiger partial charge in [0.05, 0.1) is 0 Å². The number of amides is 1. The van der Waals surface area contributed by atoms with Gasteiger partial charge >= 0.3 is 0 Å². The molecule has 0 aliphatic heterocycles. The van der Waals surface area contributed by atoms with Crippen LogP contribution >= 0.6 is 35.0 Å².